The second-order valence-electron chi connectivity index (χ2n) is 6.22. The zero-order chi connectivity index (χ0) is 18.3. The van der Waals surface area contributed by atoms with Gasteiger partial charge in [-0.2, -0.15) is 0 Å². The first-order valence-corrected chi connectivity index (χ1v) is 8.43. The van der Waals surface area contributed by atoms with E-state index >= 15 is 0 Å². The number of ether oxygens (including phenoxy) is 1. The molecule has 2 amide bonds. The van der Waals surface area contributed by atoms with Crippen LogP contribution in [0.3, 0.4) is 0 Å². The average Bonchev–Trinajstić information content (AvgIpc) is 3.18. The van der Waals surface area contributed by atoms with Crippen molar-refractivity contribution in [3.8, 4) is 5.75 Å². The molecule has 7 heteroatoms. The third-order valence-electron chi connectivity index (χ3n) is 4.57. The van der Waals surface area contributed by atoms with E-state index in [2.05, 4.69) is 5.16 Å². The van der Waals surface area contributed by atoms with Crippen LogP contribution < -0.4 is 9.64 Å². The Morgan fingerprint density at radius 2 is 1.77 bits per heavy atom. The highest BCUT2D eigenvalue weighted by Crippen LogP contribution is 2.39. The first kappa shape index (κ1) is 16.6. The Labute approximate surface area is 154 Å². The van der Waals surface area contributed by atoms with Gasteiger partial charge in [-0.05, 0) is 42.0 Å². The molecule has 0 unspecified atom stereocenters. The third-order valence-corrected chi connectivity index (χ3v) is 4.82. The number of methoxy groups -OCH3 is 1. The molecule has 0 saturated carbocycles. The minimum atomic E-state index is -1.27. The molecule has 1 spiro atoms. The van der Waals surface area contributed by atoms with Gasteiger partial charge in [-0.25, -0.2) is 4.90 Å². The molecule has 1 atom stereocenters. The van der Waals surface area contributed by atoms with E-state index < -0.39 is 11.5 Å². The zero-order valence-corrected chi connectivity index (χ0v) is 14.7. The summed E-state index contributed by atoms with van der Waals surface area (Å²) in [5.41, 5.74) is 0.654. The molecule has 132 valence electrons. The monoisotopic (exact) mass is 370 g/mol. The van der Waals surface area contributed by atoms with E-state index in [0.717, 1.165) is 10.5 Å². The highest BCUT2D eigenvalue weighted by Gasteiger charge is 2.58. The van der Waals surface area contributed by atoms with Gasteiger partial charge in [-0.15, -0.1) is 0 Å². The average molecular weight is 371 g/mol. The van der Waals surface area contributed by atoms with Crippen LogP contribution >= 0.6 is 11.6 Å². The number of imide groups is 1. The highest BCUT2D eigenvalue weighted by atomic mass is 35.5. The Morgan fingerprint density at radius 1 is 1.08 bits per heavy atom. The number of rotatable bonds is 3. The number of hydrogen-bond donors (Lipinski definition) is 0. The lowest BCUT2D eigenvalue weighted by Gasteiger charge is -2.19. The summed E-state index contributed by atoms with van der Waals surface area (Å²) < 4.78 is 5.11. The van der Waals surface area contributed by atoms with E-state index in [1.807, 2.05) is 12.1 Å². The number of amides is 2. The minimum absolute atomic E-state index is 0.0432. The van der Waals surface area contributed by atoms with Gasteiger partial charge in [-0.1, -0.05) is 28.9 Å². The molecule has 6 nitrogen and oxygen atoms in total. The summed E-state index contributed by atoms with van der Waals surface area (Å²) >= 11 is 5.90. The molecule has 2 aliphatic heterocycles. The zero-order valence-electron chi connectivity index (χ0n) is 13.9. The maximum absolute atomic E-state index is 13.0. The largest absolute Gasteiger partial charge is 0.497 e. The maximum Gasteiger partial charge on any atom is 0.281 e. The molecule has 2 aromatic rings. The van der Waals surface area contributed by atoms with Crippen LogP contribution in [0.15, 0.2) is 53.7 Å². The molecule has 4 rings (SSSR count). The number of carbonyl (C=O) groups excluding carboxylic acids is 2. The van der Waals surface area contributed by atoms with Gasteiger partial charge in [0, 0.05) is 11.4 Å². The van der Waals surface area contributed by atoms with E-state index in [4.69, 9.17) is 21.2 Å². The van der Waals surface area contributed by atoms with Crippen LogP contribution in [0, 0.1) is 0 Å². The summed E-state index contributed by atoms with van der Waals surface area (Å²) in [7, 11) is 1.55. The summed E-state index contributed by atoms with van der Waals surface area (Å²) in [6, 6.07) is 13.9. The predicted molar refractivity (Wildman–Crippen MR) is 96.5 cm³/mol. The van der Waals surface area contributed by atoms with E-state index in [-0.39, 0.29) is 18.7 Å². The van der Waals surface area contributed by atoms with Gasteiger partial charge in [-0.3, -0.25) is 9.59 Å². The van der Waals surface area contributed by atoms with Crippen LogP contribution in [0.25, 0.3) is 0 Å². The van der Waals surface area contributed by atoms with Gasteiger partial charge in [0.15, 0.2) is 0 Å². The van der Waals surface area contributed by atoms with Crippen molar-refractivity contribution in [3.63, 3.8) is 0 Å². The quantitative estimate of drug-likeness (QED) is 0.778. The molecule has 1 fully saturated rings. The van der Waals surface area contributed by atoms with Crippen LogP contribution in [0.4, 0.5) is 5.69 Å². The molecule has 0 N–H and O–H groups in total. The first-order valence-electron chi connectivity index (χ1n) is 8.05. The number of benzene rings is 2. The SMILES string of the molecule is COc1ccc(N2C(=O)C[C@]3(CC(c4ccc(Cl)cc4)=NO3)C2=O)cc1. The van der Waals surface area contributed by atoms with Crippen molar-refractivity contribution in [2.45, 2.75) is 18.4 Å². The fourth-order valence-electron chi connectivity index (χ4n) is 3.19. The maximum atomic E-state index is 13.0. The minimum Gasteiger partial charge on any atom is -0.497 e. The van der Waals surface area contributed by atoms with Crippen molar-refractivity contribution in [1.29, 1.82) is 0 Å². The summed E-state index contributed by atoms with van der Waals surface area (Å²) in [5, 5.41) is 4.68. The second-order valence-corrected chi connectivity index (χ2v) is 6.65. The fourth-order valence-corrected chi connectivity index (χ4v) is 3.32. The van der Waals surface area contributed by atoms with Crippen LogP contribution in [-0.2, 0) is 14.4 Å². The van der Waals surface area contributed by atoms with Crippen molar-refractivity contribution in [3.05, 3.63) is 59.1 Å². The number of nitrogens with zero attached hydrogens (tertiary/aromatic N) is 2. The Kier molecular flexibility index (Phi) is 3.92. The Morgan fingerprint density at radius 3 is 2.42 bits per heavy atom. The normalized spacial score (nSPS) is 21.9. The highest BCUT2D eigenvalue weighted by molar-refractivity contribution is 6.30. The molecule has 0 radical (unpaired) electrons. The van der Waals surface area contributed by atoms with Crippen molar-refractivity contribution in [2.24, 2.45) is 5.16 Å². The smallest absolute Gasteiger partial charge is 0.281 e. The van der Waals surface area contributed by atoms with Gasteiger partial charge >= 0.3 is 0 Å². The summed E-state index contributed by atoms with van der Waals surface area (Å²) in [6.07, 6.45) is 0.199. The first-order chi connectivity index (χ1) is 12.5. The van der Waals surface area contributed by atoms with Crippen molar-refractivity contribution < 1.29 is 19.2 Å². The summed E-state index contributed by atoms with van der Waals surface area (Å²) in [5.74, 6) is -0.0684. The van der Waals surface area contributed by atoms with Gasteiger partial charge in [0.1, 0.15) is 5.75 Å². The Hall–Kier alpha value is -2.86. The van der Waals surface area contributed by atoms with Gasteiger partial charge in [0.05, 0.1) is 24.9 Å². The van der Waals surface area contributed by atoms with Crippen LogP contribution in [0.1, 0.15) is 18.4 Å². The number of halogens is 1. The molecule has 2 aliphatic rings. The standard InChI is InChI=1S/C19H15ClN2O4/c1-25-15-8-6-14(7-9-15)22-17(23)11-19(18(22)24)10-16(21-26-19)12-2-4-13(20)5-3-12/h2-9H,10-11H2,1H3/t19-/m1/s1. The summed E-state index contributed by atoms with van der Waals surface area (Å²) in [6.45, 7) is 0. The van der Waals surface area contributed by atoms with Gasteiger partial charge in [0.2, 0.25) is 11.5 Å². The van der Waals surface area contributed by atoms with Crippen LogP contribution in [0.2, 0.25) is 5.02 Å². The molecule has 2 aromatic carbocycles. The van der Waals surface area contributed by atoms with Crippen molar-refractivity contribution in [1.82, 2.24) is 0 Å². The Balaban J connectivity index is 1.58. The Bertz CT molecular complexity index is 908. The second kappa shape index (κ2) is 6.14. The molecule has 1 saturated heterocycles. The number of oxime groups is 1. The lowest BCUT2D eigenvalue weighted by atomic mass is 9.92. The summed E-state index contributed by atoms with van der Waals surface area (Å²) in [4.78, 5) is 32.1. The number of hydrogen-bond acceptors (Lipinski definition) is 5. The number of carbonyl (C=O) groups is 2. The van der Waals surface area contributed by atoms with E-state index in [1.54, 1.807) is 43.5 Å². The molecule has 0 aliphatic carbocycles. The van der Waals surface area contributed by atoms with Crippen LogP contribution in [0.5, 0.6) is 5.75 Å². The van der Waals surface area contributed by atoms with Gasteiger partial charge < -0.3 is 9.57 Å². The molecule has 2 heterocycles. The molecular weight excluding hydrogens is 356 g/mol. The predicted octanol–water partition coefficient (Wildman–Crippen LogP) is 3.18. The molecule has 0 aromatic heterocycles. The van der Waals surface area contributed by atoms with E-state index in [0.29, 0.717) is 22.2 Å². The van der Waals surface area contributed by atoms with Crippen molar-refractivity contribution >= 4 is 34.8 Å². The topological polar surface area (TPSA) is 68.2 Å². The van der Waals surface area contributed by atoms with Gasteiger partial charge in [0.25, 0.3) is 5.91 Å². The van der Waals surface area contributed by atoms with E-state index in [9.17, 15) is 9.59 Å². The lowest BCUT2D eigenvalue weighted by molar-refractivity contribution is -0.136. The molecule has 26 heavy (non-hydrogen) atoms. The number of anilines is 1. The van der Waals surface area contributed by atoms with E-state index in [1.165, 1.54) is 0 Å². The molecular formula is C19H15ClN2O4. The molecule has 0 bridgehead atoms. The third kappa shape index (κ3) is 2.63. The fraction of sp³-hybridized carbons (Fsp3) is 0.211. The van der Waals surface area contributed by atoms with Crippen molar-refractivity contribution in [2.75, 3.05) is 12.0 Å². The lowest BCUT2D eigenvalue weighted by Crippen LogP contribution is -2.40. The van der Waals surface area contributed by atoms with Crippen LogP contribution in [-0.4, -0.2) is 30.2 Å².